The Morgan fingerprint density at radius 1 is 0.846 bits per heavy atom. The van der Waals surface area contributed by atoms with Gasteiger partial charge in [-0.3, -0.25) is 0 Å². The van der Waals surface area contributed by atoms with E-state index >= 15 is 0 Å². The van der Waals surface area contributed by atoms with Crippen LogP contribution in [0.15, 0.2) is 78.9 Å². The lowest BCUT2D eigenvalue weighted by molar-refractivity contribution is 0.0224. The molecule has 6 rings (SSSR count). The summed E-state index contributed by atoms with van der Waals surface area (Å²) < 4.78 is 12.9. The van der Waals surface area contributed by atoms with Gasteiger partial charge in [-0.05, 0) is 75.2 Å². The third-order valence-electron chi connectivity index (χ3n) is 7.88. The molecule has 0 bridgehead atoms. The van der Waals surface area contributed by atoms with E-state index in [0.717, 1.165) is 71.0 Å². The highest BCUT2D eigenvalue weighted by Crippen LogP contribution is 2.57. The molecule has 1 atom stereocenters. The average molecular weight is 519 g/mol. The van der Waals surface area contributed by atoms with Gasteiger partial charge in [-0.25, -0.2) is 4.79 Å². The van der Waals surface area contributed by atoms with E-state index in [2.05, 4.69) is 80.4 Å². The molecule has 0 aromatic heterocycles. The highest BCUT2D eigenvalue weighted by atomic mass is 16.6. The molecule has 4 aromatic rings. The molecule has 0 saturated carbocycles. The largest absolute Gasteiger partial charge is 0.456 e. The summed E-state index contributed by atoms with van der Waals surface area (Å²) in [5.41, 5.74) is 7.43. The number of nitrogens with one attached hydrogen (secondary N) is 1. The molecular weight excluding hydrogens is 484 g/mol. The van der Waals surface area contributed by atoms with Crippen LogP contribution in [-0.2, 0) is 10.3 Å². The van der Waals surface area contributed by atoms with E-state index in [-0.39, 0.29) is 5.97 Å². The molecule has 5 nitrogen and oxygen atoms in total. The summed E-state index contributed by atoms with van der Waals surface area (Å²) >= 11 is 0. The number of benzene rings is 4. The SMILES string of the molecule is CCCCN(CC)c1ccc2c(c1)Oc1ccc(Nc3ccc(C)cc3C)cc1C21OC(=O)c2ccccc21. The zero-order chi connectivity index (χ0) is 27.1. The monoisotopic (exact) mass is 518 g/mol. The van der Waals surface area contributed by atoms with Crippen molar-refractivity contribution in [3.8, 4) is 11.5 Å². The summed E-state index contributed by atoms with van der Waals surface area (Å²) in [6.07, 6.45) is 2.26. The predicted molar refractivity (Wildman–Crippen MR) is 157 cm³/mol. The third kappa shape index (κ3) is 4.13. The summed E-state index contributed by atoms with van der Waals surface area (Å²) in [7, 11) is 0. The normalized spacial score (nSPS) is 16.7. The van der Waals surface area contributed by atoms with Crippen LogP contribution in [0.5, 0.6) is 11.5 Å². The number of hydrogen-bond donors (Lipinski definition) is 1. The fourth-order valence-corrected chi connectivity index (χ4v) is 5.86. The molecule has 1 N–H and O–H groups in total. The maximum Gasteiger partial charge on any atom is 0.340 e. The maximum atomic E-state index is 13.3. The lowest BCUT2D eigenvalue weighted by Crippen LogP contribution is -2.33. The first kappa shape index (κ1) is 25.1. The number of ether oxygens (including phenoxy) is 2. The Morgan fingerprint density at radius 3 is 2.49 bits per heavy atom. The number of esters is 1. The molecule has 2 aliphatic rings. The van der Waals surface area contributed by atoms with E-state index in [9.17, 15) is 4.79 Å². The van der Waals surface area contributed by atoms with Crippen molar-refractivity contribution in [1.29, 1.82) is 0 Å². The van der Waals surface area contributed by atoms with Crippen molar-refractivity contribution in [3.63, 3.8) is 0 Å². The Balaban J connectivity index is 1.50. The van der Waals surface area contributed by atoms with Gasteiger partial charge >= 0.3 is 5.97 Å². The van der Waals surface area contributed by atoms with Crippen LogP contribution in [-0.4, -0.2) is 19.1 Å². The molecule has 0 saturated heterocycles. The summed E-state index contributed by atoms with van der Waals surface area (Å²) in [5, 5.41) is 3.56. The van der Waals surface area contributed by atoms with E-state index in [4.69, 9.17) is 9.47 Å². The highest BCUT2D eigenvalue weighted by molar-refractivity contribution is 5.97. The molecule has 2 aliphatic heterocycles. The van der Waals surface area contributed by atoms with Gasteiger partial charge in [-0.1, -0.05) is 49.2 Å². The molecule has 39 heavy (non-hydrogen) atoms. The number of carbonyl (C=O) groups is 1. The Labute approximate surface area is 230 Å². The molecule has 4 aromatic carbocycles. The lowest BCUT2D eigenvalue weighted by Gasteiger charge is -2.37. The van der Waals surface area contributed by atoms with Crippen LogP contribution in [0.2, 0.25) is 0 Å². The topological polar surface area (TPSA) is 50.8 Å². The second-order valence-electron chi connectivity index (χ2n) is 10.5. The second kappa shape index (κ2) is 9.81. The quantitative estimate of drug-likeness (QED) is 0.250. The van der Waals surface area contributed by atoms with Crippen LogP contribution < -0.4 is 15.0 Å². The number of aryl methyl sites for hydroxylation is 2. The smallest absolute Gasteiger partial charge is 0.340 e. The van der Waals surface area contributed by atoms with Crippen LogP contribution >= 0.6 is 0 Å². The number of hydrogen-bond acceptors (Lipinski definition) is 5. The lowest BCUT2D eigenvalue weighted by atomic mass is 9.77. The average Bonchev–Trinajstić information content (AvgIpc) is 3.24. The molecule has 5 heteroatoms. The van der Waals surface area contributed by atoms with Gasteiger partial charge in [-0.2, -0.15) is 0 Å². The van der Waals surface area contributed by atoms with Crippen molar-refractivity contribution in [2.45, 2.75) is 46.1 Å². The summed E-state index contributed by atoms with van der Waals surface area (Å²) in [4.78, 5) is 15.6. The van der Waals surface area contributed by atoms with Gasteiger partial charge in [0.1, 0.15) is 11.5 Å². The number of unbranched alkanes of at least 4 members (excludes halogenated alkanes) is 1. The Kier molecular flexibility index (Phi) is 6.30. The number of rotatable bonds is 7. The Morgan fingerprint density at radius 2 is 1.69 bits per heavy atom. The molecule has 1 unspecified atom stereocenters. The van der Waals surface area contributed by atoms with Crippen LogP contribution in [0, 0.1) is 13.8 Å². The zero-order valence-electron chi connectivity index (χ0n) is 23.0. The van der Waals surface area contributed by atoms with E-state index in [0.29, 0.717) is 11.3 Å². The van der Waals surface area contributed by atoms with Gasteiger partial charge in [0.05, 0.1) is 5.56 Å². The highest BCUT2D eigenvalue weighted by Gasteiger charge is 2.53. The predicted octanol–water partition coefficient (Wildman–Crippen LogP) is 8.24. The Hall–Kier alpha value is -4.25. The van der Waals surface area contributed by atoms with Gasteiger partial charge in [0, 0.05) is 52.9 Å². The minimum absolute atomic E-state index is 0.320. The molecule has 1 spiro atoms. The van der Waals surface area contributed by atoms with Crippen LogP contribution in [0.3, 0.4) is 0 Å². The standard InChI is InChI=1S/C34H34N2O3/c1-5-7-18-36(6-2)25-14-15-28-32(21-25)38-31-17-13-24(35-30-16-12-22(3)19-23(30)4)20-29(31)34(28)27-11-9-8-10-26(27)33(37)39-34/h8-17,19-21,35H,5-7,18H2,1-4H3. The minimum Gasteiger partial charge on any atom is -0.456 e. The number of fused-ring (bicyclic) bond motifs is 6. The van der Waals surface area contributed by atoms with Crippen LogP contribution in [0.1, 0.15) is 64.9 Å². The first-order valence-electron chi connectivity index (χ1n) is 13.8. The van der Waals surface area contributed by atoms with Gasteiger partial charge in [-0.15, -0.1) is 0 Å². The fourth-order valence-electron chi connectivity index (χ4n) is 5.86. The van der Waals surface area contributed by atoms with Gasteiger partial charge in [0.2, 0.25) is 0 Å². The molecule has 0 fully saturated rings. The minimum atomic E-state index is -1.09. The number of anilines is 3. The summed E-state index contributed by atoms with van der Waals surface area (Å²) in [6, 6.07) is 26.4. The van der Waals surface area contributed by atoms with E-state index in [1.807, 2.05) is 36.4 Å². The number of carbonyl (C=O) groups excluding carboxylic acids is 1. The van der Waals surface area contributed by atoms with Crippen molar-refractivity contribution < 1.29 is 14.3 Å². The van der Waals surface area contributed by atoms with Crippen molar-refractivity contribution in [2.75, 3.05) is 23.3 Å². The van der Waals surface area contributed by atoms with Crippen molar-refractivity contribution in [1.82, 2.24) is 0 Å². The van der Waals surface area contributed by atoms with Crippen molar-refractivity contribution in [3.05, 3.63) is 112 Å². The van der Waals surface area contributed by atoms with Crippen molar-refractivity contribution in [2.24, 2.45) is 0 Å². The Bertz CT molecular complexity index is 1580. The first-order valence-corrected chi connectivity index (χ1v) is 13.8. The van der Waals surface area contributed by atoms with E-state index < -0.39 is 5.60 Å². The molecule has 0 aliphatic carbocycles. The molecular formula is C34H34N2O3. The fraction of sp³-hybridized carbons (Fsp3) is 0.265. The second-order valence-corrected chi connectivity index (χ2v) is 10.5. The summed E-state index contributed by atoms with van der Waals surface area (Å²) in [5.74, 6) is 1.08. The molecule has 0 radical (unpaired) electrons. The zero-order valence-corrected chi connectivity index (χ0v) is 23.0. The van der Waals surface area contributed by atoms with Crippen LogP contribution in [0.4, 0.5) is 17.1 Å². The van der Waals surface area contributed by atoms with Crippen LogP contribution in [0.25, 0.3) is 0 Å². The van der Waals surface area contributed by atoms with Gasteiger partial charge < -0.3 is 19.7 Å². The van der Waals surface area contributed by atoms with E-state index in [1.165, 1.54) is 5.56 Å². The molecule has 2 heterocycles. The third-order valence-corrected chi connectivity index (χ3v) is 7.88. The van der Waals surface area contributed by atoms with Gasteiger partial charge in [0.25, 0.3) is 0 Å². The first-order chi connectivity index (χ1) is 18.9. The molecule has 198 valence electrons. The number of nitrogens with zero attached hydrogens (tertiary/aromatic N) is 1. The van der Waals surface area contributed by atoms with Crippen molar-refractivity contribution >= 4 is 23.0 Å². The van der Waals surface area contributed by atoms with Gasteiger partial charge in [0.15, 0.2) is 5.60 Å². The van der Waals surface area contributed by atoms with E-state index in [1.54, 1.807) is 0 Å². The molecule has 0 amide bonds. The summed E-state index contributed by atoms with van der Waals surface area (Å²) in [6.45, 7) is 10.5. The maximum absolute atomic E-state index is 13.3.